The average molecular weight is 198 g/mol. The average Bonchev–Trinajstić information content (AvgIpc) is 1.81. The van der Waals surface area contributed by atoms with Gasteiger partial charge in [-0.25, -0.2) is 12.5 Å². The fourth-order valence-corrected chi connectivity index (χ4v) is 2.05. The van der Waals surface area contributed by atoms with Crippen molar-refractivity contribution in [3.63, 3.8) is 0 Å². The summed E-state index contributed by atoms with van der Waals surface area (Å²) < 4.78 is 0. The minimum absolute atomic E-state index is 0.427. The van der Waals surface area contributed by atoms with E-state index in [2.05, 4.69) is 54.0 Å². The molecular weight excluding hydrogens is 174 g/mol. The first kappa shape index (κ1) is 13.5. The van der Waals surface area contributed by atoms with Crippen molar-refractivity contribution in [1.82, 2.24) is 0 Å². The zero-order valence-electron chi connectivity index (χ0n) is 10.1. The molecule has 0 aromatic carbocycles. The molecule has 0 spiro atoms. The molecule has 0 saturated carbocycles. The van der Waals surface area contributed by atoms with Crippen molar-refractivity contribution in [2.75, 3.05) is 0 Å². The predicted octanol–water partition coefficient (Wildman–Crippen LogP) is 2.89. The predicted molar refractivity (Wildman–Crippen MR) is 70.6 cm³/mol. The fourth-order valence-electron chi connectivity index (χ4n) is 1.74. The quantitative estimate of drug-likeness (QED) is 0.523. The van der Waals surface area contributed by atoms with E-state index in [9.17, 15) is 0 Å². The lowest BCUT2D eigenvalue weighted by atomic mass is 9.39. The van der Waals surface area contributed by atoms with Crippen LogP contribution in [0.25, 0.3) is 0 Å². The van der Waals surface area contributed by atoms with E-state index < -0.39 is 0 Å². The molecule has 0 amide bonds. The Kier molecular flexibility index (Phi) is 4.99. The molecule has 3 heteroatoms. The summed E-state index contributed by atoms with van der Waals surface area (Å²) in [6.45, 7) is 14.0. The van der Waals surface area contributed by atoms with Crippen LogP contribution in [0.1, 0.15) is 48.0 Å². The molecule has 0 N–H and O–H groups in total. The molecule has 1 atom stereocenters. The van der Waals surface area contributed by atoms with E-state index in [1.807, 2.05) is 0 Å². The van der Waals surface area contributed by atoms with Crippen molar-refractivity contribution in [3.05, 3.63) is 0 Å². The zero-order valence-corrected chi connectivity index (χ0v) is 11.0. The first-order valence-electron chi connectivity index (χ1n) is 5.27. The van der Waals surface area contributed by atoms with Gasteiger partial charge in [0.15, 0.2) is 6.45 Å². The maximum atomic E-state index is 4.34. The monoisotopic (exact) mass is 198 g/mol. The minimum atomic E-state index is 0.427. The van der Waals surface area contributed by atoms with Gasteiger partial charge < -0.3 is 0 Å². The molecule has 0 rings (SSSR count). The Bertz CT molecular complexity index is 144. The third-order valence-electron chi connectivity index (χ3n) is 2.56. The van der Waals surface area contributed by atoms with Crippen molar-refractivity contribution in [3.8, 4) is 0 Å². The van der Waals surface area contributed by atoms with Gasteiger partial charge in [-0.3, -0.25) is 0 Å². The zero-order chi connectivity index (χ0) is 10.7. The molecule has 76 valence electrons. The molecule has 0 fully saturated rings. The largest absolute Gasteiger partial charge is 0.241 e. The second kappa shape index (κ2) is 4.82. The van der Waals surface area contributed by atoms with Crippen LogP contribution in [0.2, 0.25) is 5.82 Å². The Hall–Kier alpha value is 0.480. The van der Waals surface area contributed by atoms with Crippen molar-refractivity contribution < 1.29 is 0 Å². The first-order valence-corrected chi connectivity index (χ1v) is 5.91. The Morgan fingerprint density at radius 3 is 1.77 bits per heavy atom. The van der Waals surface area contributed by atoms with Crippen molar-refractivity contribution in [2.24, 2.45) is 10.8 Å². The Morgan fingerprint density at radius 1 is 1.08 bits per heavy atom. The lowest BCUT2D eigenvalue weighted by molar-refractivity contribution is 0.275. The highest BCUT2D eigenvalue weighted by molar-refractivity contribution is 8.12. The molecule has 1 unspecified atom stereocenters. The molecule has 0 radical (unpaired) electrons. The van der Waals surface area contributed by atoms with Crippen LogP contribution in [0.4, 0.5) is 0 Å². The van der Waals surface area contributed by atoms with E-state index in [0.717, 1.165) is 12.3 Å². The van der Waals surface area contributed by atoms with Gasteiger partial charge in [-0.2, -0.15) is 0 Å². The summed E-state index contributed by atoms with van der Waals surface area (Å²) in [5, 5.41) is 0. The van der Waals surface area contributed by atoms with Gasteiger partial charge in [0.1, 0.15) is 7.17 Å². The molecule has 0 aromatic rings. The normalized spacial score (nSPS) is 15.3. The molecule has 0 aromatic heterocycles. The summed E-state index contributed by atoms with van der Waals surface area (Å²) in [5.74, 6) is 0.796. The van der Waals surface area contributed by atoms with E-state index in [0.29, 0.717) is 10.8 Å². The minimum Gasteiger partial charge on any atom is -0.241 e. The van der Waals surface area contributed by atoms with Crippen LogP contribution in [0.15, 0.2) is 0 Å². The summed E-state index contributed by atoms with van der Waals surface area (Å²) in [4.78, 5) is 0. The van der Waals surface area contributed by atoms with E-state index in [1.165, 1.54) is 13.6 Å². The number of thiol groups is 1. The molecule has 0 nitrogen and oxygen atoms in total. The van der Waals surface area contributed by atoms with Gasteiger partial charge in [-0.05, 0) is 10.8 Å². The SMILES string of the molecule is CC(C)(C)CC(BBS)C(C)(C)C. The smallest absolute Gasteiger partial charge is 0.152 e. The Labute approximate surface area is 91.0 Å². The van der Waals surface area contributed by atoms with Gasteiger partial charge in [0, 0.05) is 0 Å². The summed E-state index contributed by atoms with van der Waals surface area (Å²) >= 11 is 4.34. The van der Waals surface area contributed by atoms with Crippen LogP contribution in [-0.2, 0) is 0 Å². The second-order valence-corrected chi connectivity index (χ2v) is 6.79. The van der Waals surface area contributed by atoms with Crippen LogP contribution in [0.3, 0.4) is 0 Å². The summed E-state index contributed by atoms with van der Waals surface area (Å²) in [5.41, 5.74) is 0.872. The van der Waals surface area contributed by atoms with Crippen LogP contribution in [-0.4, -0.2) is 13.6 Å². The third-order valence-corrected chi connectivity index (χ3v) is 2.82. The van der Waals surface area contributed by atoms with Gasteiger partial charge in [0.2, 0.25) is 0 Å². The summed E-state index contributed by atoms with van der Waals surface area (Å²) in [6.07, 6.45) is 2.31. The standard InChI is InChI=1S/C10H24B2S/c1-9(2,3)7-8(11-12-13)10(4,5)6/h8,11-13H,7H2,1-6H3. The summed E-state index contributed by atoms with van der Waals surface area (Å²) in [6, 6.07) is 0. The fraction of sp³-hybridized carbons (Fsp3) is 1.00. The first-order chi connectivity index (χ1) is 5.67. The van der Waals surface area contributed by atoms with Gasteiger partial charge in [-0.1, -0.05) is 53.8 Å². The van der Waals surface area contributed by atoms with Crippen molar-refractivity contribution >= 4 is 26.1 Å². The Balaban J connectivity index is 4.27. The van der Waals surface area contributed by atoms with Gasteiger partial charge in [0.05, 0.1) is 0 Å². The molecule has 0 aliphatic carbocycles. The van der Waals surface area contributed by atoms with E-state index in [1.54, 1.807) is 0 Å². The molecule has 13 heavy (non-hydrogen) atoms. The number of hydrogen-bond acceptors (Lipinski definition) is 1. The highest BCUT2D eigenvalue weighted by Gasteiger charge is 2.28. The lowest BCUT2D eigenvalue weighted by Gasteiger charge is -2.35. The Morgan fingerprint density at radius 2 is 1.54 bits per heavy atom. The van der Waals surface area contributed by atoms with Crippen LogP contribution in [0.5, 0.6) is 0 Å². The molecule has 0 aliphatic heterocycles. The second-order valence-electron chi connectivity index (χ2n) is 6.34. The van der Waals surface area contributed by atoms with Crippen molar-refractivity contribution in [1.29, 1.82) is 0 Å². The molecule has 0 saturated heterocycles. The van der Waals surface area contributed by atoms with Crippen LogP contribution < -0.4 is 0 Å². The van der Waals surface area contributed by atoms with E-state index in [4.69, 9.17) is 0 Å². The third kappa shape index (κ3) is 6.54. The highest BCUT2D eigenvalue weighted by Crippen LogP contribution is 2.39. The molecular formula is C10H24B2S. The van der Waals surface area contributed by atoms with Crippen LogP contribution in [0, 0.1) is 10.8 Å². The summed E-state index contributed by atoms with van der Waals surface area (Å²) in [7, 11) is 1.24. The van der Waals surface area contributed by atoms with E-state index >= 15 is 0 Å². The highest BCUT2D eigenvalue weighted by atomic mass is 32.1. The van der Waals surface area contributed by atoms with Crippen molar-refractivity contribution in [2.45, 2.75) is 53.8 Å². The molecule has 0 aliphatic rings. The van der Waals surface area contributed by atoms with Gasteiger partial charge in [-0.15, -0.1) is 0 Å². The lowest BCUT2D eigenvalue weighted by Crippen LogP contribution is -2.27. The van der Waals surface area contributed by atoms with Gasteiger partial charge in [0.25, 0.3) is 0 Å². The maximum Gasteiger partial charge on any atom is 0.152 e. The van der Waals surface area contributed by atoms with Gasteiger partial charge >= 0.3 is 0 Å². The number of rotatable bonds is 3. The van der Waals surface area contributed by atoms with Crippen LogP contribution >= 0.6 is 12.5 Å². The van der Waals surface area contributed by atoms with E-state index in [-0.39, 0.29) is 0 Å². The molecule has 0 heterocycles. The molecule has 0 bridgehead atoms. The topological polar surface area (TPSA) is 0 Å². The number of hydrogen-bond donors (Lipinski definition) is 1. The maximum absolute atomic E-state index is 4.34.